The number of ketones is 1. The number of esters is 1. The minimum Gasteiger partial charge on any atom is -0.461 e. The van der Waals surface area contributed by atoms with E-state index in [1.54, 1.807) is 6.08 Å². The number of Topliss-reactive ketones (excluding diaryl/α,β-unsaturated/α-hetero) is 1. The van der Waals surface area contributed by atoms with E-state index in [0.29, 0.717) is 5.57 Å². The third-order valence-electron chi connectivity index (χ3n) is 4.48. The molecule has 0 unspecified atom stereocenters. The Labute approximate surface area is 152 Å². The Kier molecular flexibility index (Phi) is 7.55. The van der Waals surface area contributed by atoms with Crippen LogP contribution in [0.15, 0.2) is 11.6 Å². The predicted octanol–water partition coefficient (Wildman–Crippen LogP) is 3.22. The highest BCUT2D eigenvalue weighted by Gasteiger charge is 2.40. The molecule has 0 bridgehead atoms. The molecule has 0 aromatic rings. The van der Waals surface area contributed by atoms with Crippen molar-refractivity contribution < 1.29 is 28.2 Å². The predicted molar refractivity (Wildman–Crippen MR) is 97.8 cm³/mol. The number of hydrogen-bond acceptors (Lipinski definition) is 6. The van der Waals surface area contributed by atoms with Gasteiger partial charge in [-0.3, -0.25) is 9.59 Å². The first kappa shape index (κ1) is 22.0. The average molecular weight is 373 g/mol. The molecule has 0 saturated heterocycles. The van der Waals surface area contributed by atoms with Crippen molar-refractivity contribution in [2.45, 2.75) is 78.2 Å². The molecular weight excluding hydrogens is 340 g/mol. The number of carbonyl (C=O) groups excluding carboxylic acids is 2. The fourth-order valence-electron chi connectivity index (χ4n) is 1.97. The number of hydrogen-bond donors (Lipinski definition) is 0. The Hall–Kier alpha value is -1.02. The molecule has 25 heavy (non-hydrogen) atoms. The highest BCUT2D eigenvalue weighted by molar-refractivity contribution is 6.74. The minimum absolute atomic E-state index is 0.0367. The summed E-state index contributed by atoms with van der Waals surface area (Å²) in [6.07, 6.45) is 0.102. The van der Waals surface area contributed by atoms with Gasteiger partial charge in [0.2, 0.25) is 0 Å². The average Bonchev–Trinajstić information content (AvgIpc) is 2.44. The van der Waals surface area contributed by atoms with E-state index in [1.807, 2.05) is 13.8 Å². The molecule has 7 heteroatoms. The molecule has 0 amide bonds. The second kappa shape index (κ2) is 8.57. The third-order valence-corrected chi connectivity index (χ3v) is 8.98. The van der Waals surface area contributed by atoms with Gasteiger partial charge >= 0.3 is 5.97 Å². The minimum atomic E-state index is -2.01. The third kappa shape index (κ3) is 6.66. The molecule has 0 N–H and O–H groups in total. The summed E-state index contributed by atoms with van der Waals surface area (Å²) < 4.78 is 22.5. The van der Waals surface area contributed by atoms with E-state index < -0.39 is 26.7 Å². The molecule has 0 aliphatic carbocycles. The van der Waals surface area contributed by atoms with Crippen molar-refractivity contribution >= 4 is 20.1 Å². The Balaban J connectivity index is 2.87. The van der Waals surface area contributed by atoms with Crippen LogP contribution in [-0.4, -0.2) is 51.8 Å². The Morgan fingerprint density at radius 1 is 1.32 bits per heavy atom. The van der Waals surface area contributed by atoms with Crippen molar-refractivity contribution in [1.82, 2.24) is 0 Å². The summed E-state index contributed by atoms with van der Waals surface area (Å²) in [6, 6.07) is 0. The van der Waals surface area contributed by atoms with Crippen molar-refractivity contribution in [1.29, 1.82) is 0 Å². The van der Waals surface area contributed by atoms with Crippen LogP contribution in [0.1, 0.15) is 41.5 Å². The summed E-state index contributed by atoms with van der Waals surface area (Å²) in [5.41, 5.74) is 0.385. The zero-order valence-electron chi connectivity index (χ0n) is 16.7. The normalized spacial score (nSPS) is 22.1. The van der Waals surface area contributed by atoms with Gasteiger partial charge in [0.25, 0.3) is 0 Å². The van der Waals surface area contributed by atoms with Gasteiger partial charge in [0, 0.05) is 12.5 Å². The van der Waals surface area contributed by atoms with Crippen molar-refractivity contribution in [3.63, 3.8) is 0 Å². The second-order valence-corrected chi connectivity index (χ2v) is 12.9. The number of rotatable bonds is 7. The summed E-state index contributed by atoms with van der Waals surface area (Å²) >= 11 is 0. The van der Waals surface area contributed by atoms with Gasteiger partial charge in [-0.25, -0.2) is 0 Å². The van der Waals surface area contributed by atoms with Crippen LogP contribution in [-0.2, 0) is 28.2 Å². The first-order valence-corrected chi connectivity index (χ1v) is 11.6. The van der Waals surface area contributed by atoms with Gasteiger partial charge in [-0.2, -0.15) is 0 Å². The lowest BCUT2D eigenvalue weighted by atomic mass is 10.0. The summed E-state index contributed by atoms with van der Waals surface area (Å²) in [7, 11) is -2.01. The standard InChI is InChI=1S/C18H32O6Si/c1-12(2)23-16-9-14(10-21-13(3)19)17(20)15(24-16)11-22-25(7,8)18(4,5)6/h9,12,15-16H,10-11H2,1-8H3/t15-,16+/m1/s1. The summed E-state index contributed by atoms with van der Waals surface area (Å²) in [6.45, 7) is 15.8. The summed E-state index contributed by atoms with van der Waals surface area (Å²) in [5.74, 6) is -0.654. The van der Waals surface area contributed by atoms with Gasteiger partial charge in [0.1, 0.15) is 12.7 Å². The molecule has 0 fully saturated rings. The van der Waals surface area contributed by atoms with Gasteiger partial charge in [-0.1, -0.05) is 20.8 Å². The quantitative estimate of drug-likeness (QED) is 0.505. The van der Waals surface area contributed by atoms with Crippen molar-refractivity contribution in [2.24, 2.45) is 0 Å². The van der Waals surface area contributed by atoms with Crippen molar-refractivity contribution in [3.05, 3.63) is 11.6 Å². The smallest absolute Gasteiger partial charge is 0.302 e. The maximum absolute atomic E-state index is 12.6. The molecule has 0 aromatic carbocycles. The van der Waals surface area contributed by atoms with E-state index in [-0.39, 0.29) is 30.1 Å². The van der Waals surface area contributed by atoms with Gasteiger partial charge in [-0.05, 0) is 38.1 Å². The first-order valence-electron chi connectivity index (χ1n) is 8.66. The lowest BCUT2D eigenvalue weighted by Gasteiger charge is -2.38. The topological polar surface area (TPSA) is 71.1 Å². The lowest BCUT2D eigenvalue weighted by Crippen LogP contribution is -2.47. The maximum Gasteiger partial charge on any atom is 0.302 e. The molecular formula is C18H32O6Si. The van der Waals surface area contributed by atoms with Crippen LogP contribution in [0.25, 0.3) is 0 Å². The largest absolute Gasteiger partial charge is 0.461 e. The van der Waals surface area contributed by atoms with E-state index >= 15 is 0 Å². The van der Waals surface area contributed by atoms with Crippen LogP contribution < -0.4 is 0 Å². The molecule has 0 spiro atoms. The molecule has 1 aliphatic heterocycles. The van der Waals surface area contributed by atoms with Crippen molar-refractivity contribution in [2.75, 3.05) is 13.2 Å². The fraction of sp³-hybridized carbons (Fsp3) is 0.778. The Bertz CT molecular complexity index is 518. The maximum atomic E-state index is 12.6. The van der Waals surface area contributed by atoms with E-state index in [1.165, 1.54) is 6.92 Å². The molecule has 0 radical (unpaired) electrons. The molecule has 6 nitrogen and oxygen atoms in total. The van der Waals surface area contributed by atoms with Crippen LogP contribution in [0.4, 0.5) is 0 Å². The summed E-state index contributed by atoms with van der Waals surface area (Å²) in [4.78, 5) is 23.7. The van der Waals surface area contributed by atoms with Gasteiger partial charge in [-0.15, -0.1) is 0 Å². The SMILES string of the molecule is CC(=O)OCC1=C[C@@H](OC(C)C)O[C@H](CO[Si](C)(C)C(C)(C)C)C1=O. The zero-order chi connectivity index (χ0) is 19.4. The molecule has 1 rings (SSSR count). The van der Waals surface area contributed by atoms with Crippen LogP contribution >= 0.6 is 0 Å². The number of carbonyl (C=O) groups is 2. The van der Waals surface area contributed by atoms with E-state index in [0.717, 1.165) is 0 Å². The van der Waals surface area contributed by atoms with Crippen LogP contribution in [0.3, 0.4) is 0 Å². The van der Waals surface area contributed by atoms with Crippen molar-refractivity contribution in [3.8, 4) is 0 Å². The van der Waals surface area contributed by atoms with E-state index in [4.69, 9.17) is 18.6 Å². The van der Waals surface area contributed by atoms with Crippen LogP contribution in [0.5, 0.6) is 0 Å². The van der Waals surface area contributed by atoms with Crippen LogP contribution in [0.2, 0.25) is 18.1 Å². The Morgan fingerprint density at radius 2 is 1.92 bits per heavy atom. The van der Waals surface area contributed by atoms with E-state index in [9.17, 15) is 9.59 Å². The van der Waals surface area contributed by atoms with Crippen LogP contribution in [0, 0.1) is 0 Å². The van der Waals surface area contributed by atoms with Gasteiger partial charge < -0.3 is 18.6 Å². The van der Waals surface area contributed by atoms with Gasteiger partial charge in [0.05, 0.1) is 12.7 Å². The fourth-order valence-corrected chi connectivity index (χ4v) is 2.97. The Morgan fingerprint density at radius 3 is 2.40 bits per heavy atom. The zero-order valence-corrected chi connectivity index (χ0v) is 17.7. The highest BCUT2D eigenvalue weighted by Crippen LogP contribution is 2.37. The second-order valence-electron chi connectivity index (χ2n) is 8.09. The molecule has 144 valence electrons. The lowest BCUT2D eigenvalue weighted by molar-refractivity contribution is -0.180. The highest BCUT2D eigenvalue weighted by atomic mass is 28.4. The summed E-state index contributed by atoms with van der Waals surface area (Å²) in [5, 5.41) is 0.0367. The monoisotopic (exact) mass is 372 g/mol. The van der Waals surface area contributed by atoms with E-state index in [2.05, 4.69) is 33.9 Å². The molecule has 1 aliphatic rings. The molecule has 1 heterocycles. The number of ether oxygens (including phenoxy) is 3. The molecule has 0 saturated carbocycles. The molecule has 0 aromatic heterocycles. The van der Waals surface area contributed by atoms with Gasteiger partial charge in [0.15, 0.2) is 20.4 Å². The molecule has 2 atom stereocenters. The first-order chi connectivity index (χ1) is 11.3.